The van der Waals surface area contributed by atoms with E-state index in [0.29, 0.717) is 24.7 Å². The molecule has 0 saturated carbocycles. The second kappa shape index (κ2) is 5.35. The zero-order chi connectivity index (χ0) is 12.3. The highest BCUT2D eigenvalue weighted by molar-refractivity contribution is 7.89. The van der Waals surface area contributed by atoms with Gasteiger partial charge in [0.05, 0.1) is 24.2 Å². The maximum absolute atomic E-state index is 12.4. The Kier molecular flexibility index (Phi) is 4.04. The molecular formula is C11H14ClNO3S. The van der Waals surface area contributed by atoms with Crippen molar-refractivity contribution in [1.82, 2.24) is 4.31 Å². The Labute approximate surface area is 106 Å². The number of sulfonamides is 1. The van der Waals surface area contributed by atoms with Gasteiger partial charge in [0.2, 0.25) is 10.0 Å². The lowest BCUT2D eigenvalue weighted by Gasteiger charge is -2.33. The molecule has 0 radical (unpaired) electrons. The van der Waals surface area contributed by atoms with Gasteiger partial charge in [0, 0.05) is 12.4 Å². The van der Waals surface area contributed by atoms with E-state index in [-0.39, 0.29) is 11.9 Å². The third-order valence-electron chi connectivity index (χ3n) is 2.70. The molecule has 94 valence electrons. The molecular weight excluding hydrogens is 262 g/mol. The standard InChI is InChI=1S/C11H14ClNO3S/c12-8-10-9-16-7-6-13(10)17(14,15)11-4-2-1-3-5-11/h1-5,10H,6-9H2. The van der Waals surface area contributed by atoms with Crippen LogP contribution in [0, 0.1) is 0 Å². The van der Waals surface area contributed by atoms with Crippen LogP contribution in [-0.2, 0) is 14.8 Å². The van der Waals surface area contributed by atoms with Gasteiger partial charge in [-0.1, -0.05) is 18.2 Å². The van der Waals surface area contributed by atoms with E-state index >= 15 is 0 Å². The molecule has 0 N–H and O–H groups in total. The van der Waals surface area contributed by atoms with Crippen LogP contribution in [0.3, 0.4) is 0 Å². The molecule has 0 bridgehead atoms. The Bertz CT molecular complexity index is 463. The van der Waals surface area contributed by atoms with E-state index in [4.69, 9.17) is 16.3 Å². The van der Waals surface area contributed by atoms with Crippen LogP contribution in [0.15, 0.2) is 35.2 Å². The number of nitrogens with zero attached hydrogens (tertiary/aromatic N) is 1. The van der Waals surface area contributed by atoms with Crippen LogP contribution in [0.2, 0.25) is 0 Å². The molecule has 0 amide bonds. The summed E-state index contributed by atoms with van der Waals surface area (Å²) >= 11 is 5.78. The molecule has 0 spiro atoms. The van der Waals surface area contributed by atoms with Gasteiger partial charge < -0.3 is 4.74 Å². The van der Waals surface area contributed by atoms with Crippen molar-refractivity contribution in [3.63, 3.8) is 0 Å². The number of halogens is 1. The zero-order valence-electron chi connectivity index (χ0n) is 9.25. The molecule has 2 rings (SSSR count). The van der Waals surface area contributed by atoms with E-state index in [0.717, 1.165) is 0 Å². The quantitative estimate of drug-likeness (QED) is 0.782. The molecule has 6 heteroatoms. The van der Waals surface area contributed by atoms with Crippen molar-refractivity contribution in [3.05, 3.63) is 30.3 Å². The summed E-state index contributed by atoms with van der Waals surface area (Å²) in [6, 6.07) is 8.12. The molecule has 1 unspecified atom stereocenters. The van der Waals surface area contributed by atoms with E-state index in [1.54, 1.807) is 30.3 Å². The number of ether oxygens (including phenoxy) is 1. The van der Waals surface area contributed by atoms with Crippen molar-refractivity contribution >= 4 is 21.6 Å². The number of rotatable bonds is 3. The Hall–Kier alpha value is -0.620. The highest BCUT2D eigenvalue weighted by atomic mass is 35.5. The topological polar surface area (TPSA) is 46.6 Å². The lowest BCUT2D eigenvalue weighted by atomic mass is 10.3. The predicted octanol–water partition coefficient (Wildman–Crippen LogP) is 1.31. The summed E-state index contributed by atoms with van der Waals surface area (Å²) in [6.07, 6.45) is 0. The molecule has 1 aromatic carbocycles. The van der Waals surface area contributed by atoms with Crippen LogP contribution in [0.4, 0.5) is 0 Å². The molecule has 0 aliphatic carbocycles. The normalized spacial score (nSPS) is 22.5. The van der Waals surface area contributed by atoms with Crippen LogP contribution < -0.4 is 0 Å². The average Bonchev–Trinajstić information content (AvgIpc) is 2.39. The summed E-state index contributed by atoms with van der Waals surface area (Å²) in [5.74, 6) is 0.242. The summed E-state index contributed by atoms with van der Waals surface area (Å²) in [6.45, 7) is 1.13. The van der Waals surface area contributed by atoms with E-state index in [9.17, 15) is 8.42 Å². The van der Waals surface area contributed by atoms with Crippen molar-refractivity contribution in [2.75, 3.05) is 25.6 Å². The van der Waals surface area contributed by atoms with Gasteiger partial charge in [0.1, 0.15) is 0 Å². The largest absolute Gasteiger partial charge is 0.378 e. The first-order valence-corrected chi connectivity index (χ1v) is 7.34. The summed E-state index contributed by atoms with van der Waals surface area (Å²) < 4.78 is 31.4. The number of benzene rings is 1. The zero-order valence-corrected chi connectivity index (χ0v) is 10.8. The lowest BCUT2D eigenvalue weighted by Crippen LogP contribution is -2.49. The average molecular weight is 276 g/mol. The molecule has 4 nitrogen and oxygen atoms in total. The van der Waals surface area contributed by atoms with Crippen molar-refractivity contribution in [1.29, 1.82) is 0 Å². The number of alkyl halides is 1. The van der Waals surface area contributed by atoms with Gasteiger partial charge >= 0.3 is 0 Å². The highest BCUT2D eigenvalue weighted by Gasteiger charge is 2.33. The molecule has 0 aromatic heterocycles. The third kappa shape index (κ3) is 2.63. The van der Waals surface area contributed by atoms with Gasteiger partial charge in [0.25, 0.3) is 0 Å². The van der Waals surface area contributed by atoms with E-state index < -0.39 is 10.0 Å². The lowest BCUT2D eigenvalue weighted by molar-refractivity contribution is 0.0404. The second-order valence-corrected chi connectivity index (χ2v) is 6.01. The first-order valence-electron chi connectivity index (χ1n) is 5.37. The minimum absolute atomic E-state index is 0.242. The number of hydrogen-bond acceptors (Lipinski definition) is 3. The van der Waals surface area contributed by atoms with Crippen LogP contribution in [0.25, 0.3) is 0 Å². The predicted molar refractivity (Wildman–Crippen MR) is 65.7 cm³/mol. The van der Waals surface area contributed by atoms with Gasteiger partial charge in [0.15, 0.2) is 0 Å². The summed E-state index contributed by atoms with van der Waals surface area (Å²) in [7, 11) is -3.45. The van der Waals surface area contributed by atoms with Crippen LogP contribution in [0.5, 0.6) is 0 Å². The molecule has 1 atom stereocenters. The van der Waals surface area contributed by atoms with Gasteiger partial charge in [-0.2, -0.15) is 4.31 Å². The van der Waals surface area contributed by atoms with Gasteiger partial charge in [-0.3, -0.25) is 0 Å². The molecule has 17 heavy (non-hydrogen) atoms. The Morgan fingerprint density at radius 1 is 1.35 bits per heavy atom. The minimum atomic E-state index is -3.45. The molecule has 1 saturated heterocycles. The SMILES string of the molecule is O=S(=O)(c1ccccc1)N1CCOCC1CCl. The van der Waals surface area contributed by atoms with Crippen molar-refractivity contribution in [2.45, 2.75) is 10.9 Å². The third-order valence-corrected chi connectivity index (χ3v) is 5.02. The summed E-state index contributed by atoms with van der Waals surface area (Å²) in [5.41, 5.74) is 0. The smallest absolute Gasteiger partial charge is 0.243 e. The highest BCUT2D eigenvalue weighted by Crippen LogP contribution is 2.20. The maximum atomic E-state index is 12.4. The first-order chi connectivity index (χ1) is 8.16. The van der Waals surface area contributed by atoms with Gasteiger partial charge in [-0.25, -0.2) is 8.42 Å². The second-order valence-electron chi connectivity index (χ2n) is 3.81. The minimum Gasteiger partial charge on any atom is -0.378 e. The van der Waals surface area contributed by atoms with Crippen LogP contribution in [-0.4, -0.2) is 44.4 Å². The first kappa shape index (κ1) is 12.8. The fourth-order valence-electron chi connectivity index (χ4n) is 1.81. The van der Waals surface area contributed by atoms with E-state index in [1.807, 2.05) is 0 Å². The van der Waals surface area contributed by atoms with Crippen molar-refractivity contribution in [3.8, 4) is 0 Å². The number of hydrogen-bond donors (Lipinski definition) is 0. The van der Waals surface area contributed by atoms with Crippen LogP contribution in [0.1, 0.15) is 0 Å². The molecule has 1 heterocycles. The van der Waals surface area contributed by atoms with Gasteiger partial charge in [-0.05, 0) is 12.1 Å². The fourth-order valence-corrected chi connectivity index (χ4v) is 3.76. The monoisotopic (exact) mass is 275 g/mol. The van der Waals surface area contributed by atoms with Gasteiger partial charge in [-0.15, -0.1) is 11.6 Å². The fraction of sp³-hybridized carbons (Fsp3) is 0.455. The molecule has 1 aliphatic rings. The molecule has 1 aliphatic heterocycles. The Morgan fingerprint density at radius 2 is 2.06 bits per heavy atom. The van der Waals surface area contributed by atoms with Crippen molar-refractivity contribution < 1.29 is 13.2 Å². The maximum Gasteiger partial charge on any atom is 0.243 e. The van der Waals surface area contributed by atoms with Crippen molar-refractivity contribution in [2.24, 2.45) is 0 Å². The summed E-state index contributed by atoms with van der Waals surface area (Å²) in [5, 5.41) is 0. The Morgan fingerprint density at radius 3 is 2.71 bits per heavy atom. The van der Waals surface area contributed by atoms with E-state index in [1.165, 1.54) is 4.31 Å². The molecule has 1 aromatic rings. The van der Waals surface area contributed by atoms with E-state index in [2.05, 4.69) is 0 Å². The van der Waals surface area contributed by atoms with Crippen LogP contribution >= 0.6 is 11.6 Å². The Balaban J connectivity index is 2.31. The number of morpholine rings is 1. The molecule has 1 fully saturated rings. The summed E-state index contributed by atoms with van der Waals surface area (Å²) in [4.78, 5) is 0.303.